The maximum atomic E-state index is 17.0. The first-order valence-electron chi connectivity index (χ1n) is 20.8. The smallest absolute Gasteiger partial charge is 0.391 e. The average molecular weight is 971 g/mol. The minimum Gasteiger partial charge on any atom is -0.427 e. The number of unbranched alkanes of at least 4 members (excludes halogenated alkanes) is 6. The highest BCUT2D eigenvalue weighted by Crippen LogP contribution is 2.65. The van der Waals surface area contributed by atoms with Gasteiger partial charge in [0.1, 0.15) is 42.3 Å². The van der Waals surface area contributed by atoms with E-state index >= 15 is 13.3 Å². The zero-order chi connectivity index (χ0) is 46.3. The largest absolute Gasteiger partial charge is 0.427 e. The summed E-state index contributed by atoms with van der Waals surface area (Å²) in [5.41, 5.74) is 11.2. The Kier molecular flexibility index (Phi) is 16.0. The Bertz CT molecular complexity index is 2570. The van der Waals surface area contributed by atoms with Gasteiger partial charge in [-0.2, -0.15) is 4.98 Å². The molecule has 22 nitrogen and oxygen atoms in total. The van der Waals surface area contributed by atoms with Crippen molar-refractivity contribution in [3.05, 3.63) is 59.2 Å². The van der Waals surface area contributed by atoms with E-state index in [9.17, 15) is 19.0 Å². The molecule has 0 radical (unpaired) electrons. The zero-order valence-electron chi connectivity index (χ0n) is 35.3. The Morgan fingerprint density at radius 2 is 1.65 bits per heavy atom. The molecule has 6 N–H and O–H groups in total. The molecule has 65 heavy (non-hydrogen) atoms. The molecule has 7 rings (SSSR count). The molecule has 27 heteroatoms. The molecule has 0 bridgehead atoms. The fourth-order valence-electron chi connectivity index (χ4n) is 7.19. The van der Waals surface area contributed by atoms with E-state index in [-0.39, 0.29) is 58.0 Å². The Balaban J connectivity index is 1.17. The molecule has 5 aromatic rings. The lowest BCUT2D eigenvalue weighted by Gasteiger charge is -2.32. The highest BCUT2D eigenvalue weighted by atomic mass is 32.7. The second-order valence-corrected chi connectivity index (χ2v) is 21.1. The number of ether oxygens (including phenoxy) is 4. The third-order valence-electron chi connectivity index (χ3n) is 10.6. The van der Waals surface area contributed by atoms with Crippen LogP contribution < -0.4 is 21.8 Å². The third-order valence-corrected chi connectivity index (χ3v) is 15.3. The normalized spacial score (nSPS) is 28.0. The van der Waals surface area contributed by atoms with Crippen molar-refractivity contribution < 1.29 is 60.1 Å². The summed E-state index contributed by atoms with van der Waals surface area (Å²) < 4.78 is 104. The Morgan fingerprint density at radius 3 is 2.38 bits per heavy atom. The summed E-state index contributed by atoms with van der Waals surface area (Å²) in [6.07, 6.45) is -3.08. The van der Waals surface area contributed by atoms with Crippen molar-refractivity contribution in [2.45, 2.75) is 107 Å². The van der Waals surface area contributed by atoms with Crippen LogP contribution in [0.2, 0.25) is 0 Å². The number of rotatable bonds is 15. The molecule has 354 valence electrons. The van der Waals surface area contributed by atoms with Gasteiger partial charge < -0.3 is 39.8 Å². The van der Waals surface area contributed by atoms with Crippen LogP contribution in [0.3, 0.4) is 0 Å². The molecule has 2 unspecified atom stereocenters. The van der Waals surface area contributed by atoms with E-state index < -0.39 is 82.6 Å². The number of hydrogen-bond donors (Lipinski definition) is 4. The summed E-state index contributed by atoms with van der Waals surface area (Å²) in [5.74, 6) is -0.550. The second kappa shape index (κ2) is 21.5. The molecule has 0 spiro atoms. The highest BCUT2D eigenvalue weighted by Gasteiger charge is 2.50. The number of carbonyl (C=O) groups is 1. The molecule has 6 heterocycles. The highest BCUT2D eigenvalue weighted by molar-refractivity contribution is 8.54. The van der Waals surface area contributed by atoms with Crippen molar-refractivity contribution in [2.75, 3.05) is 38.1 Å². The number of fused-ring (bicyclic) bond motifs is 3. The number of benzene rings is 1. The van der Waals surface area contributed by atoms with E-state index in [1.54, 1.807) is 24.3 Å². The molecule has 0 amide bonds. The van der Waals surface area contributed by atoms with Gasteiger partial charge in [-0.1, -0.05) is 57.6 Å². The van der Waals surface area contributed by atoms with Gasteiger partial charge in [0.15, 0.2) is 47.4 Å². The number of methoxy groups -OCH3 is 1. The number of aromatic amines is 1. The van der Waals surface area contributed by atoms with Crippen LogP contribution >= 0.6 is 25.8 Å². The van der Waals surface area contributed by atoms with E-state index in [4.69, 9.17) is 44.0 Å². The summed E-state index contributed by atoms with van der Waals surface area (Å²) in [7, 11) is -3.69. The molecule has 9 atom stereocenters. The number of esters is 1. The maximum Gasteiger partial charge on any atom is 0.391 e. The lowest BCUT2D eigenvalue weighted by atomic mass is 10.1. The van der Waals surface area contributed by atoms with Crippen LogP contribution in [-0.4, -0.2) is 107 Å². The number of aromatic nitrogens is 8. The number of hydrogen-bond acceptors (Lipinski definition) is 19. The fourth-order valence-corrected chi connectivity index (χ4v) is 11.3. The molecular formula is C38H50F2N10O12P2S. The van der Waals surface area contributed by atoms with Crippen molar-refractivity contribution in [2.24, 2.45) is 0 Å². The van der Waals surface area contributed by atoms with E-state index in [1.165, 1.54) is 23.7 Å². The van der Waals surface area contributed by atoms with Crippen molar-refractivity contribution in [3.8, 4) is 5.75 Å². The number of anilines is 2. The number of halogens is 2. The zero-order valence-corrected chi connectivity index (χ0v) is 38.0. The fraction of sp³-hybridized carbons (Fsp3) is 0.553. The Labute approximate surface area is 374 Å². The van der Waals surface area contributed by atoms with Crippen molar-refractivity contribution in [3.63, 3.8) is 0 Å². The monoisotopic (exact) mass is 970 g/mol. The quantitative estimate of drug-likeness (QED) is 0.0411. The number of nitrogens with one attached hydrogen (secondary N) is 1. The van der Waals surface area contributed by atoms with Crippen LogP contribution in [0.4, 0.5) is 20.5 Å². The van der Waals surface area contributed by atoms with Crippen LogP contribution in [0.15, 0.2) is 48.0 Å². The molecular weight excluding hydrogens is 920 g/mol. The van der Waals surface area contributed by atoms with E-state index in [2.05, 4.69) is 36.8 Å². The number of nitrogens with two attached hydrogens (primary N) is 2. The predicted molar refractivity (Wildman–Crippen MR) is 232 cm³/mol. The van der Waals surface area contributed by atoms with Crippen LogP contribution in [0.25, 0.3) is 22.3 Å². The van der Waals surface area contributed by atoms with E-state index in [0.717, 1.165) is 50.0 Å². The Morgan fingerprint density at radius 1 is 0.938 bits per heavy atom. The van der Waals surface area contributed by atoms with E-state index in [0.29, 0.717) is 23.4 Å². The van der Waals surface area contributed by atoms with Gasteiger partial charge in [0, 0.05) is 19.3 Å². The van der Waals surface area contributed by atoms with Gasteiger partial charge in [-0.15, -0.1) is 0 Å². The molecule has 0 saturated carbocycles. The lowest BCUT2D eigenvalue weighted by molar-refractivity contribution is -0.134. The molecule has 2 saturated heterocycles. The number of nitrogens with zero attached hydrogens (tertiary/aromatic N) is 7. The van der Waals surface area contributed by atoms with E-state index in [1.807, 2.05) is 0 Å². The lowest BCUT2D eigenvalue weighted by Crippen LogP contribution is -2.38. The first-order chi connectivity index (χ1) is 31.2. The summed E-state index contributed by atoms with van der Waals surface area (Å²) >= 11 is 0.611. The van der Waals surface area contributed by atoms with Crippen LogP contribution in [0.5, 0.6) is 5.75 Å². The van der Waals surface area contributed by atoms with Crippen LogP contribution in [0.1, 0.15) is 76.3 Å². The topological polar surface area (TPSA) is 295 Å². The molecule has 2 aliphatic rings. The van der Waals surface area contributed by atoms with Gasteiger partial charge in [0.05, 0.1) is 25.9 Å². The number of imidazole rings is 2. The summed E-state index contributed by atoms with van der Waals surface area (Å²) in [4.78, 5) is 58.7. The molecule has 2 fully saturated rings. The minimum atomic E-state index is -4.78. The molecule has 0 aliphatic carbocycles. The Hall–Kier alpha value is -4.42. The van der Waals surface area contributed by atoms with Gasteiger partial charge >= 0.3 is 20.4 Å². The van der Waals surface area contributed by atoms with Gasteiger partial charge in [-0.25, -0.2) is 33.3 Å². The van der Waals surface area contributed by atoms with Gasteiger partial charge in [0.25, 0.3) is 5.56 Å². The maximum absolute atomic E-state index is 17.0. The molecule has 1 aromatic carbocycles. The third kappa shape index (κ3) is 11.8. The van der Waals surface area contributed by atoms with Crippen molar-refractivity contribution >= 4 is 65.8 Å². The summed E-state index contributed by atoms with van der Waals surface area (Å²) in [5, 5.41) is 0. The summed E-state index contributed by atoms with van der Waals surface area (Å²) in [6.45, 7) is -4.23. The molecule has 4 aromatic heterocycles. The van der Waals surface area contributed by atoms with Crippen molar-refractivity contribution in [1.29, 1.82) is 0 Å². The summed E-state index contributed by atoms with van der Waals surface area (Å²) in [6, 6.07) is 6.37. The standard InChI is InChI=1S/C38H50F2N10O12P2S/c1-3-4-5-6-7-8-9-10-26(51)60-23-13-11-22(12-14-23)17-65-64(55)59-16-25-31(28(40)36(61-25)49-19-45-29-32(41)43-18-44-33(29)49)57-21-63(53,54)58-15-24(56-2)27(39)37(62-64)50-20-46-30-34(50)47-38(42)48-35(30)52/h11-14,18-20,24-25,27-28,31,36-37H,3-10,15-17,21H2,1-2H3,(H,53,54)(H2,41,43,44)(H3,42,47,48,52)/t24-,25-,27-,28-,31-,36-,37-,64?/m1/s1. The number of alkyl halides is 2. The predicted octanol–water partition coefficient (Wildman–Crippen LogP) is 5.89. The SMILES string of the molecule is CCCCCCCCCC(=O)Oc1ccc(CSP2(=O)OC[C@H]3O[C@@H](n4cnc5c(N)ncnc54)[C@H](F)[C@@H]3OCP(=O)(O)OC[C@@H](OC)[C@@H](F)[C@H](n3cnc4c(=O)[nH]c(N)nc43)O2)cc1. The minimum absolute atomic E-state index is 0.00606. The van der Waals surface area contributed by atoms with Gasteiger partial charge in [0.2, 0.25) is 5.95 Å². The first kappa shape index (κ1) is 48.5. The van der Waals surface area contributed by atoms with Crippen LogP contribution in [-0.2, 0) is 47.5 Å². The molecule has 2 aliphatic heterocycles. The van der Waals surface area contributed by atoms with Crippen molar-refractivity contribution in [1.82, 2.24) is 39.0 Å². The number of nitrogen functional groups attached to an aromatic ring is 2. The van der Waals surface area contributed by atoms with Crippen LogP contribution in [0, 0.1) is 0 Å². The average Bonchev–Trinajstić information content (AvgIpc) is 3.99. The second-order valence-electron chi connectivity index (χ2n) is 15.3. The van der Waals surface area contributed by atoms with Gasteiger partial charge in [-0.05, 0) is 35.5 Å². The first-order valence-corrected chi connectivity index (χ1v) is 25.7. The van der Waals surface area contributed by atoms with Gasteiger partial charge in [-0.3, -0.25) is 37.3 Å². The number of H-pyrrole nitrogens is 1. The number of carbonyl (C=O) groups excluding carboxylic acids is 1.